The van der Waals surface area contributed by atoms with E-state index in [4.69, 9.17) is 9.68 Å². The molecule has 0 spiro atoms. The normalized spacial score (nSPS) is 10.2. The summed E-state index contributed by atoms with van der Waals surface area (Å²) >= 11 is 0. The number of H-pyrrole nitrogens is 1. The zero-order chi connectivity index (χ0) is 17.8. The number of nitriles is 1. The lowest BCUT2D eigenvalue weighted by atomic mass is 10.2. The van der Waals surface area contributed by atoms with E-state index in [0.29, 0.717) is 5.76 Å². The molecule has 0 saturated carbocycles. The fourth-order valence-electron chi connectivity index (χ4n) is 2.26. The second kappa shape index (κ2) is 6.72. The van der Waals surface area contributed by atoms with Gasteiger partial charge in [0, 0.05) is 6.20 Å². The number of aromatic nitrogens is 2. The van der Waals surface area contributed by atoms with Crippen molar-refractivity contribution in [3.8, 4) is 6.07 Å². The Morgan fingerprint density at radius 1 is 1.24 bits per heavy atom. The molecule has 2 heterocycles. The van der Waals surface area contributed by atoms with Crippen LogP contribution in [0.2, 0.25) is 0 Å². The Kier molecular flexibility index (Phi) is 4.30. The van der Waals surface area contributed by atoms with E-state index in [2.05, 4.69) is 10.3 Å². The van der Waals surface area contributed by atoms with Crippen molar-refractivity contribution in [3.63, 3.8) is 0 Å². The van der Waals surface area contributed by atoms with Crippen LogP contribution in [-0.2, 0) is 6.54 Å². The molecule has 1 amide bonds. The summed E-state index contributed by atoms with van der Waals surface area (Å²) in [5, 5.41) is 11.6. The van der Waals surface area contributed by atoms with Gasteiger partial charge in [-0.15, -0.1) is 0 Å². The van der Waals surface area contributed by atoms with E-state index in [-0.39, 0.29) is 23.4 Å². The largest absolute Gasteiger partial charge is 0.467 e. The number of anilines is 1. The van der Waals surface area contributed by atoms with Crippen LogP contribution in [0, 0.1) is 11.3 Å². The van der Waals surface area contributed by atoms with Crippen LogP contribution in [-0.4, -0.2) is 15.5 Å². The number of hydrogen-bond acceptors (Lipinski definition) is 5. The Labute approximate surface area is 141 Å². The number of carbonyl (C=O) groups is 1. The molecule has 25 heavy (non-hydrogen) atoms. The lowest BCUT2D eigenvalue weighted by Gasteiger charge is -2.08. The van der Waals surface area contributed by atoms with E-state index in [1.54, 1.807) is 30.3 Å². The van der Waals surface area contributed by atoms with Gasteiger partial charge >= 0.3 is 5.69 Å². The van der Waals surface area contributed by atoms with Gasteiger partial charge in [-0.05, 0) is 24.3 Å². The highest BCUT2D eigenvalue weighted by molar-refractivity contribution is 6.04. The quantitative estimate of drug-likeness (QED) is 0.744. The highest BCUT2D eigenvalue weighted by Gasteiger charge is 2.16. The van der Waals surface area contributed by atoms with Gasteiger partial charge < -0.3 is 14.7 Å². The van der Waals surface area contributed by atoms with Crippen molar-refractivity contribution in [1.82, 2.24) is 9.55 Å². The molecule has 0 atom stereocenters. The van der Waals surface area contributed by atoms with E-state index in [9.17, 15) is 14.4 Å². The van der Waals surface area contributed by atoms with Gasteiger partial charge in [-0.1, -0.05) is 12.1 Å². The molecule has 2 aromatic heterocycles. The molecule has 124 valence electrons. The summed E-state index contributed by atoms with van der Waals surface area (Å²) in [5.41, 5.74) is -1.13. The van der Waals surface area contributed by atoms with Gasteiger partial charge in [0.2, 0.25) is 0 Å². The van der Waals surface area contributed by atoms with Crippen LogP contribution in [0.1, 0.15) is 21.7 Å². The van der Waals surface area contributed by atoms with Crippen LogP contribution in [0.5, 0.6) is 0 Å². The Hall–Kier alpha value is -3.86. The number of rotatable bonds is 4. The second-order valence-electron chi connectivity index (χ2n) is 5.09. The van der Waals surface area contributed by atoms with E-state index in [0.717, 1.165) is 10.8 Å². The van der Waals surface area contributed by atoms with Crippen molar-refractivity contribution in [1.29, 1.82) is 5.26 Å². The van der Waals surface area contributed by atoms with Crippen LogP contribution in [0.25, 0.3) is 0 Å². The van der Waals surface area contributed by atoms with Gasteiger partial charge in [0.25, 0.3) is 11.5 Å². The minimum atomic E-state index is -0.757. The molecular weight excluding hydrogens is 324 g/mol. The summed E-state index contributed by atoms with van der Waals surface area (Å²) in [7, 11) is 0. The Morgan fingerprint density at radius 2 is 2.04 bits per heavy atom. The molecule has 3 rings (SSSR count). The summed E-state index contributed by atoms with van der Waals surface area (Å²) < 4.78 is 5.99. The van der Waals surface area contributed by atoms with E-state index >= 15 is 0 Å². The van der Waals surface area contributed by atoms with Crippen LogP contribution in [0.3, 0.4) is 0 Å². The number of nitrogens with zero attached hydrogens (tertiary/aromatic N) is 2. The van der Waals surface area contributed by atoms with Crippen LogP contribution >= 0.6 is 0 Å². The third kappa shape index (κ3) is 3.25. The molecule has 8 nitrogen and oxygen atoms in total. The van der Waals surface area contributed by atoms with Crippen molar-refractivity contribution < 1.29 is 9.21 Å². The molecule has 0 bridgehead atoms. The molecule has 0 fully saturated rings. The van der Waals surface area contributed by atoms with Crippen molar-refractivity contribution in [2.45, 2.75) is 6.54 Å². The van der Waals surface area contributed by atoms with Gasteiger partial charge in [-0.25, -0.2) is 4.79 Å². The topological polar surface area (TPSA) is 121 Å². The van der Waals surface area contributed by atoms with Gasteiger partial charge in [0.15, 0.2) is 0 Å². The molecule has 0 aliphatic heterocycles. The molecule has 0 aliphatic carbocycles. The molecule has 0 unspecified atom stereocenters. The number of amides is 1. The Balaban J connectivity index is 1.95. The minimum Gasteiger partial charge on any atom is -0.467 e. The third-order valence-corrected chi connectivity index (χ3v) is 3.50. The lowest BCUT2D eigenvalue weighted by Crippen LogP contribution is -2.39. The predicted octanol–water partition coefficient (Wildman–Crippen LogP) is 1.30. The van der Waals surface area contributed by atoms with Crippen LogP contribution < -0.4 is 16.6 Å². The summed E-state index contributed by atoms with van der Waals surface area (Å²) in [5.74, 6) is -0.322. The van der Waals surface area contributed by atoms with Crippen molar-refractivity contribution in [2.24, 2.45) is 0 Å². The minimum absolute atomic E-state index is 0.100. The summed E-state index contributed by atoms with van der Waals surface area (Å²) in [6, 6.07) is 11.6. The van der Waals surface area contributed by atoms with Gasteiger partial charge in [0.1, 0.15) is 17.4 Å². The average molecular weight is 336 g/mol. The number of hydrogen-bond donors (Lipinski definition) is 2. The first-order valence-electron chi connectivity index (χ1n) is 7.25. The maximum atomic E-state index is 12.5. The smallest absolute Gasteiger partial charge is 0.328 e. The SMILES string of the molecule is N#Cc1ccccc1NC(=O)c1c[nH]c(=O)n(Cc2ccco2)c1=O. The second-order valence-corrected chi connectivity index (χ2v) is 5.09. The molecule has 0 saturated heterocycles. The highest BCUT2D eigenvalue weighted by atomic mass is 16.3. The van der Waals surface area contributed by atoms with Gasteiger partial charge in [-0.2, -0.15) is 5.26 Å². The van der Waals surface area contributed by atoms with Crippen molar-refractivity contribution in [2.75, 3.05) is 5.32 Å². The molecule has 1 aromatic carbocycles. The van der Waals surface area contributed by atoms with E-state index in [1.807, 2.05) is 6.07 Å². The summed E-state index contributed by atoms with van der Waals surface area (Å²) in [4.78, 5) is 39.1. The van der Waals surface area contributed by atoms with Gasteiger partial charge in [0.05, 0.1) is 24.1 Å². The average Bonchev–Trinajstić information content (AvgIpc) is 3.12. The fraction of sp³-hybridized carbons (Fsp3) is 0.0588. The maximum Gasteiger partial charge on any atom is 0.328 e. The fourth-order valence-corrected chi connectivity index (χ4v) is 2.26. The number of aromatic amines is 1. The number of nitrogens with one attached hydrogen (secondary N) is 2. The molecule has 0 radical (unpaired) electrons. The van der Waals surface area contributed by atoms with Crippen LogP contribution in [0.4, 0.5) is 5.69 Å². The molecule has 0 aliphatic rings. The Morgan fingerprint density at radius 3 is 2.76 bits per heavy atom. The standard InChI is InChI=1S/C17H12N4O4/c18-8-11-4-1-2-6-14(11)20-15(22)13-9-19-17(24)21(16(13)23)10-12-5-3-7-25-12/h1-7,9H,10H2,(H,19,24)(H,20,22). The number of benzene rings is 1. The summed E-state index contributed by atoms with van der Waals surface area (Å²) in [6.45, 7) is -0.100. The Bertz CT molecular complexity index is 1070. The number of para-hydroxylation sites is 1. The highest BCUT2D eigenvalue weighted by Crippen LogP contribution is 2.14. The molecule has 2 N–H and O–H groups in total. The third-order valence-electron chi connectivity index (χ3n) is 3.50. The van der Waals surface area contributed by atoms with Gasteiger partial charge in [-0.3, -0.25) is 14.2 Å². The zero-order valence-corrected chi connectivity index (χ0v) is 12.9. The first-order valence-corrected chi connectivity index (χ1v) is 7.25. The first kappa shape index (κ1) is 16.0. The zero-order valence-electron chi connectivity index (χ0n) is 12.9. The molecule has 8 heteroatoms. The predicted molar refractivity (Wildman–Crippen MR) is 88.2 cm³/mol. The van der Waals surface area contributed by atoms with Crippen molar-refractivity contribution in [3.05, 3.63) is 86.6 Å². The van der Waals surface area contributed by atoms with E-state index in [1.165, 1.54) is 12.3 Å². The molecular formula is C17H12N4O4. The lowest BCUT2D eigenvalue weighted by molar-refractivity contribution is 0.102. The monoisotopic (exact) mass is 336 g/mol. The van der Waals surface area contributed by atoms with Crippen molar-refractivity contribution >= 4 is 11.6 Å². The number of furan rings is 1. The van der Waals surface area contributed by atoms with E-state index < -0.39 is 17.2 Å². The summed E-state index contributed by atoms with van der Waals surface area (Å²) in [6.07, 6.45) is 2.47. The maximum absolute atomic E-state index is 12.5. The number of carbonyl (C=O) groups excluding carboxylic acids is 1. The molecule has 3 aromatic rings. The van der Waals surface area contributed by atoms with Crippen LogP contribution in [0.15, 0.2) is 62.9 Å². The first-order chi connectivity index (χ1) is 12.1.